The van der Waals surface area contributed by atoms with Gasteiger partial charge in [0, 0.05) is 4.90 Å². The lowest BCUT2D eigenvalue weighted by Gasteiger charge is -2.11. The Morgan fingerprint density at radius 2 is 2.00 bits per heavy atom. The molecule has 1 aliphatic rings. The molecule has 1 aromatic carbocycles. The third kappa shape index (κ3) is 2.24. The summed E-state index contributed by atoms with van der Waals surface area (Å²) in [7, 11) is 0. The zero-order valence-corrected chi connectivity index (χ0v) is 8.09. The second-order valence-electron chi connectivity index (χ2n) is 3.11. The summed E-state index contributed by atoms with van der Waals surface area (Å²) in [5, 5.41) is 0.308. The summed E-state index contributed by atoms with van der Waals surface area (Å²) in [5.74, 6) is 0. The first-order chi connectivity index (χ1) is 6.36. The van der Waals surface area contributed by atoms with Gasteiger partial charge in [-0.05, 0) is 12.1 Å². The number of hydrogen-bond acceptors (Lipinski definition) is 2. The van der Waals surface area contributed by atoms with Crippen molar-refractivity contribution in [2.75, 3.05) is 13.2 Å². The van der Waals surface area contributed by atoms with Crippen LogP contribution in [-0.4, -0.2) is 24.5 Å². The van der Waals surface area contributed by atoms with Crippen molar-refractivity contribution in [1.82, 2.24) is 5.73 Å². The van der Waals surface area contributed by atoms with E-state index in [1.54, 1.807) is 11.8 Å². The zero-order chi connectivity index (χ0) is 9.10. The van der Waals surface area contributed by atoms with Gasteiger partial charge in [0.25, 0.3) is 0 Å². The van der Waals surface area contributed by atoms with Gasteiger partial charge < -0.3 is 4.74 Å². The Morgan fingerprint density at radius 1 is 1.23 bits per heavy atom. The van der Waals surface area contributed by atoms with E-state index >= 15 is 0 Å². The lowest BCUT2D eigenvalue weighted by atomic mass is 10.3. The smallest absolute Gasteiger partial charge is 0.0645 e. The second-order valence-corrected chi connectivity index (χ2v) is 4.43. The first kappa shape index (κ1) is 9.06. The van der Waals surface area contributed by atoms with E-state index in [1.165, 1.54) is 4.90 Å². The fourth-order valence-corrected chi connectivity index (χ4v) is 2.40. The first-order valence-electron chi connectivity index (χ1n) is 4.37. The summed E-state index contributed by atoms with van der Waals surface area (Å²) in [5.41, 5.74) is 7.69. The third-order valence-electron chi connectivity index (χ3n) is 2.06. The van der Waals surface area contributed by atoms with Crippen molar-refractivity contribution in [3.8, 4) is 0 Å². The van der Waals surface area contributed by atoms with Crippen LogP contribution in [-0.2, 0) is 4.74 Å². The number of thioether (sulfide) groups is 1. The van der Waals surface area contributed by atoms with Gasteiger partial charge in [-0.2, -0.15) is 0 Å². The number of ether oxygens (including phenoxy) is 1. The lowest BCUT2D eigenvalue weighted by molar-refractivity contribution is 0.194. The summed E-state index contributed by atoms with van der Waals surface area (Å²) in [6.45, 7) is 1.30. The van der Waals surface area contributed by atoms with Crippen LogP contribution < -0.4 is 5.73 Å². The average molecular weight is 194 g/mol. The van der Waals surface area contributed by atoms with E-state index in [0.29, 0.717) is 18.5 Å². The van der Waals surface area contributed by atoms with Crippen molar-refractivity contribution in [2.24, 2.45) is 0 Å². The van der Waals surface area contributed by atoms with Gasteiger partial charge in [-0.1, -0.05) is 18.2 Å². The number of nitrogens with one attached hydrogen (secondary N) is 1. The summed E-state index contributed by atoms with van der Waals surface area (Å²) in [6, 6.07) is 10.2. The quantitative estimate of drug-likeness (QED) is 0.719. The maximum Gasteiger partial charge on any atom is 0.0645 e. The Labute approximate surface area is 82.5 Å². The Hall–Kier alpha value is -0.510. The van der Waals surface area contributed by atoms with E-state index in [9.17, 15) is 0 Å². The largest absolute Gasteiger partial charge is 0.379 e. The van der Waals surface area contributed by atoms with E-state index in [1.807, 2.05) is 18.2 Å². The minimum atomic E-state index is -0.0646. The van der Waals surface area contributed by atoms with Crippen molar-refractivity contribution < 1.29 is 4.74 Å². The Bertz CT molecular complexity index is 265. The highest BCUT2D eigenvalue weighted by molar-refractivity contribution is 8.00. The molecular weight excluding hydrogens is 182 g/mol. The fourth-order valence-electron chi connectivity index (χ4n) is 1.32. The normalized spacial score (nSPS) is 27.8. The van der Waals surface area contributed by atoms with Crippen LogP contribution in [0.5, 0.6) is 0 Å². The van der Waals surface area contributed by atoms with Gasteiger partial charge >= 0.3 is 0 Å². The van der Waals surface area contributed by atoms with Crippen LogP contribution in [0.4, 0.5) is 0 Å². The van der Waals surface area contributed by atoms with E-state index in [4.69, 9.17) is 10.5 Å². The SMILES string of the molecule is [NH]C1COCC1Sc1ccccc1. The zero-order valence-electron chi connectivity index (χ0n) is 7.27. The van der Waals surface area contributed by atoms with Gasteiger partial charge in [-0.15, -0.1) is 11.8 Å². The molecule has 1 saturated heterocycles. The molecule has 2 unspecified atom stereocenters. The summed E-state index contributed by atoms with van der Waals surface area (Å²) in [6.07, 6.45) is 0. The van der Waals surface area contributed by atoms with Gasteiger partial charge in [-0.25, -0.2) is 0 Å². The van der Waals surface area contributed by atoms with Gasteiger partial charge in [-0.3, -0.25) is 5.73 Å². The van der Waals surface area contributed by atoms with Gasteiger partial charge in [0.1, 0.15) is 0 Å². The maximum absolute atomic E-state index is 7.69. The molecule has 1 fully saturated rings. The van der Waals surface area contributed by atoms with Crippen LogP contribution in [0.25, 0.3) is 0 Å². The maximum atomic E-state index is 7.69. The second kappa shape index (κ2) is 4.13. The monoisotopic (exact) mass is 194 g/mol. The molecule has 13 heavy (non-hydrogen) atoms. The summed E-state index contributed by atoms with van der Waals surface area (Å²) >= 11 is 1.75. The molecule has 0 saturated carbocycles. The minimum Gasteiger partial charge on any atom is -0.379 e. The molecule has 1 radical (unpaired) electrons. The highest BCUT2D eigenvalue weighted by atomic mass is 32.2. The Kier molecular flexibility index (Phi) is 2.88. The molecule has 1 heterocycles. The molecule has 3 heteroatoms. The molecule has 0 aliphatic carbocycles. The lowest BCUT2D eigenvalue weighted by Crippen LogP contribution is -2.21. The number of hydrogen-bond donors (Lipinski definition) is 0. The van der Waals surface area contributed by atoms with Gasteiger partial charge in [0.2, 0.25) is 0 Å². The molecule has 1 N–H and O–H groups in total. The molecule has 2 nitrogen and oxygen atoms in total. The molecule has 0 spiro atoms. The standard InChI is InChI=1S/C10H12NOS/c11-9-6-12-7-10(9)13-8-4-2-1-3-5-8/h1-5,9-11H,6-7H2. The van der Waals surface area contributed by atoms with E-state index in [2.05, 4.69) is 12.1 Å². The third-order valence-corrected chi connectivity index (χ3v) is 3.37. The topological polar surface area (TPSA) is 33.0 Å². The molecule has 2 rings (SSSR count). The molecule has 1 aromatic rings. The van der Waals surface area contributed by atoms with Crippen molar-refractivity contribution in [3.63, 3.8) is 0 Å². The van der Waals surface area contributed by atoms with Crippen LogP contribution in [0.3, 0.4) is 0 Å². The van der Waals surface area contributed by atoms with Crippen LogP contribution in [0.2, 0.25) is 0 Å². The average Bonchev–Trinajstić information content (AvgIpc) is 2.54. The van der Waals surface area contributed by atoms with Crippen LogP contribution in [0, 0.1) is 0 Å². The Balaban J connectivity index is 1.98. The van der Waals surface area contributed by atoms with Crippen LogP contribution >= 0.6 is 11.8 Å². The predicted molar refractivity (Wildman–Crippen MR) is 53.8 cm³/mol. The Morgan fingerprint density at radius 3 is 2.62 bits per heavy atom. The minimum absolute atomic E-state index is 0.0646. The summed E-state index contributed by atoms with van der Waals surface area (Å²) < 4.78 is 5.23. The van der Waals surface area contributed by atoms with E-state index < -0.39 is 0 Å². The van der Waals surface area contributed by atoms with Crippen molar-refractivity contribution in [1.29, 1.82) is 0 Å². The molecule has 69 valence electrons. The number of rotatable bonds is 2. The highest BCUT2D eigenvalue weighted by Gasteiger charge is 2.26. The fraction of sp³-hybridized carbons (Fsp3) is 0.400. The van der Waals surface area contributed by atoms with E-state index in [0.717, 1.165) is 0 Å². The molecule has 0 bridgehead atoms. The number of benzene rings is 1. The molecule has 0 aromatic heterocycles. The van der Waals surface area contributed by atoms with Gasteiger partial charge in [0.05, 0.1) is 24.5 Å². The van der Waals surface area contributed by atoms with E-state index in [-0.39, 0.29) is 6.04 Å². The summed E-state index contributed by atoms with van der Waals surface area (Å²) in [4.78, 5) is 1.23. The molecule has 1 aliphatic heterocycles. The van der Waals surface area contributed by atoms with Crippen molar-refractivity contribution in [2.45, 2.75) is 16.2 Å². The van der Waals surface area contributed by atoms with Crippen LogP contribution in [0.1, 0.15) is 0 Å². The predicted octanol–water partition coefficient (Wildman–Crippen LogP) is 1.83. The molecule has 2 atom stereocenters. The van der Waals surface area contributed by atoms with Crippen LogP contribution in [0.15, 0.2) is 35.2 Å². The highest BCUT2D eigenvalue weighted by Crippen LogP contribution is 2.28. The first-order valence-corrected chi connectivity index (χ1v) is 5.25. The molecule has 0 amide bonds. The van der Waals surface area contributed by atoms with Gasteiger partial charge in [0.15, 0.2) is 0 Å². The molecular formula is C10H12NOS. The van der Waals surface area contributed by atoms with Crippen molar-refractivity contribution >= 4 is 11.8 Å². The van der Waals surface area contributed by atoms with Crippen molar-refractivity contribution in [3.05, 3.63) is 30.3 Å².